The summed E-state index contributed by atoms with van der Waals surface area (Å²) in [5, 5.41) is 8.05. The van der Waals surface area contributed by atoms with Crippen molar-refractivity contribution in [3.63, 3.8) is 0 Å². The van der Waals surface area contributed by atoms with Crippen LogP contribution >= 0.6 is 23.8 Å². The summed E-state index contributed by atoms with van der Waals surface area (Å²) in [6, 6.07) is 10.3. The van der Waals surface area contributed by atoms with E-state index < -0.39 is 0 Å². The summed E-state index contributed by atoms with van der Waals surface area (Å²) in [5.74, 6) is 2.55. The van der Waals surface area contributed by atoms with Crippen molar-refractivity contribution >= 4 is 46.5 Å². The quantitative estimate of drug-likeness (QED) is 0.535. The van der Waals surface area contributed by atoms with Gasteiger partial charge in [-0.2, -0.15) is 9.97 Å². The average Bonchev–Trinajstić information content (AvgIpc) is 3.44. The molecule has 5 rings (SSSR count). The summed E-state index contributed by atoms with van der Waals surface area (Å²) < 4.78 is 5.67. The van der Waals surface area contributed by atoms with Gasteiger partial charge in [-0.15, -0.1) is 0 Å². The van der Waals surface area contributed by atoms with E-state index in [0.29, 0.717) is 17.6 Å². The fraction of sp³-hybridized carbons (Fsp3) is 0.577. The van der Waals surface area contributed by atoms with Gasteiger partial charge in [0.15, 0.2) is 5.11 Å². The molecule has 3 fully saturated rings. The summed E-state index contributed by atoms with van der Waals surface area (Å²) in [4.78, 5) is 14.4. The first-order valence-corrected chi connectivity index (χ1v) is 13.7. The zero-order valence-corrected chi connectivity index (χ0v) is 21.8. The number of hydrogen-bond acceptors (Lipinski definition) is 6. The molecule has 0 saturated carbocycles. The smallest absolute Gasteiger partial charge is 0.232 e. The van der Waals surface area contributed by atoms with Crippen molar-refractivity contribution < 1.29 is 4.74 Å². The molecule has 9 heteroatoms. The highest BCUT2D eigenvalue weighted by Crippen LogP contribution is 2.35. The van der Waals surface area contributed by atoms with E-state index in [4.69, 9.17) is 38.5 Å². The molecule has 0 aliphatic carbocycles. The van der Waals surface area contributed by atoms with Gasteiger partial charge >= 0.3 is 0 Å². The van der Waals surface area contributed by atoms with Gasteiger partial charge in [0.25, 0.3) is 0 Å². The molecular formula is C26H35ClN6OS. The molecule has 0 bridgehead atoms. The first-order valence-electron chi connectivity index (χ1n) is 12.9. The van der Waals surface area contributed by atoms with Crippen LogP contribution in [0.2, 0.25) is 5.02 Å². The fourth-order valence-corrected chi connectivity index (χ4v) is 5.77. The van der Waals surface area contributed by atoms with Crippen molar-refractivity contribution in [3.8, 4) is 0 Å². The maximum absolute atomic E-state index is 6.33. The normalized spacial score (nSPS) is 20.0. The molecule has 2 aromatic rings. The van der Waals surface area contributed by atoms with E-state index in [1.165, 1.54) is 37.7 Å². The monoisotopic (exact) mass is 514 g/mol. The fourth-order valence-electron chi connectivity index (χ4n) is 5.41. The lowest BCUT2D eigenvalue weighted by atomic mass is 9.74. The highest BCUT2D eigenvalue weighted by atomic mass is 35.5. The lowest BCUT2D eigenvalue weighted by Crippen LogP contribution is -2.45. The molecule has 0 spiro atoms. The van der Waals surface area contributed by atoms with E-state index in [0.717, 1.165) is 68.9 Å². The Morgan fingerprint density at radius 2 is 1.57 bits per heavy atom. The first-order chi connectivity index (χ1) is 17.1. The van der Waals surface area contributed by atoms with Crippen LogP contribution in [0, 0.1) is 0 Å². The highest BCUT2D eigenvalue weighted by Gasteiger charge is 2.35. The summed E-state index contributed by atoms with van der Waals surface area (Å²) in [6.45, 7) is 6.34. The van der Waals surface area contributed by atoms with Crippen molar-refractivity contribution in [1.82, 2.24) is 15.3 Å². The van der Waals surface area contributed by atoms with Crippen LogP contribution in [0.3, 0.4) is 0 Å². The van der Waals surface area contributed by atoms with Crippen molar-refractivity contribution in [1.29, 1.82) is 0 Å². The van der Waals surface area contributed by atoms with Crippen LogP contribution in [-0.2, 0) is 10.2 Å². The van der Waals surface area contributed by atoms with Gasteiger partial charge in [-0.3, -0.25) is 0 Å². The number of anilines is 3. The second-order valence-corrected chi connectivity index (χ2v) is 10.7. The Morgan fingerprint density at radius 1 is 0.943 bits per heavy atom. The van der Waals surface area contributed by atoms with Crippen LogP contribution in [0.15, 0.2) is 30.3 Å². The molecule has 3 saturated heterocycles. The molecule has 0 radical (unpaired) electrons. The predicted octanol–water partition coefficient (Wildman–Crippen LogP) is 4.76. The van der Waals surface area contributed by atoms with Gasteiger partial charge in [0.1, 0.15) is 11.6 Å². The molecular weight excluding hydrogens is 480 g/mol. The number of aromatic nitrogens is 2. The molecule has 2 N–H and O–H groups in total. The van der Waals surface area contributed by atoms with E-state index in [9.17, 15) is 0 Å². The van der Waals surface area contributed by atoms with Crippen LogP contribution in [0.4, 0.5) is 17.6 Å². The third-order valence-corrected chi connectivity index (χ3v) is 7.99. The number of rotatable bonds is 6. The predicted molar refractivity (Wildman–Crippen MR) is 147 cm³/mol. The highest BCUT2D eigenvalue weighted by molar-refractivity contribution is 7.80. The summed E-state index contributed by atoms with van der Waals surface area (Å²) in [6.07, 6.45) is 7.97. The van der Waals surface area contributed by atoms with Gasteiger partial charge in [-0.25, -0.2) is 0 Å². The summed E-state index contributed by atoms with van der Waals surface area (Å²) >= 11 is 12.1. The third-order valence-electron chi connectivity index (χ3n) is 7.51. The molecule has 7 nitrogen and oxygen atoms in total. The largest absolute Gasteiger partial charge is 0.381 e. The molecule has 1 aromatic carbocycles. The van der Waals surface area contributed by atoms with Crippen LogP contribution in [0.5, 0.6) is 0 Å². The zero-order valence-electron chi connectivity index (χ0n) is 20.3. The van der Waals surface area contributed by atoms with Gasteiger partial charge in [0.05, 0.1) is 0 Å². The van der Waals surface area contributed by atoms with Gasteiger partial charge < -0.3 is 25.2 Å². The molecule has 4 heterocycles. The molecule has 1 aromatic heterocycles. The maximum atomic E-state index is 6.33. The molecule has 3 aliphatic rings. The molecule has 35 heavy (non-hydrogen) atoms. The molecule has 0 unspecified atom stereocenters. The number of hydrogen-bond donors (Lipinski definition) is 2. The Bertz CT molecular complexity index is 1020. The lowest BCUT2D eigenvalue weighted by molar-refractivity contribution is 0.0515. The molecule has 3 aliphatic heterocycles. The van der Waals surface area contributed by atoms with Crippen molar-refractivity contribution in [2.45, 2.75) is 50.4 Å². The number of thiocarbonyl (C=S) groups is 1. The van der Waals surface area contributed by atoms with Crippen LogP contribution in [0.25, 0.3) is 0 Å². The topological polar surface area (TPSA) is 65.6 Å². The lowest BCUT2D eigenvalue weighted by Gasteiger charge is -2.38. The number of nitrogens with one attached hydrogen (secondary N) is 2. The van der Waals surface area contributed by atoms with Crippen molar-refractivity contribution in [2.24, 2.45) is 0 Å². The van der Waals surface area contributed by atoms with Gasteiger partial charge in [0, 0.05) is 62.4 Å². The number of ether oxygens (including phenoxy) is 1. The van der Waals surface area contributed by atoms with Crippen molar-refractivity contribution in [3.05, 3.63) is 40.9 Å². The number of nitrogens with zero attached hydrogens (tertiary/aromatic N) is 4. The molecule has 0 amide bonds. The summed E-state index contributed by atoms with van der Waals surface area (Å²) in [7, 11) is 0. The number of piperidine rings is 1. The Balaban J connectivity index is 1.31. The Hall–Kier alpha value is -2.16. The minimum atomic E-state index is -0.0773. The van der Waals surface area contributed by atoms with E-state index >= 15 is 0 Å². The first kappa shape index (κ1) is 24.5. The van der Waals surface area contributed by atoms with E-state index in [2.05, 4.69) is 38.6 Å². The van der Waals surface area contributed by atoms with Gasteiger partial charge in [0.2, 0.25) is 5.95 Å². The van der Waals surface area contributed by atoms with E-state index in [1.54, 1.807) is 0 Å². The third kappa shape index (κ3) is 5.98. The minimum absolute atomic E-state index is 0.0773. The Kier molecular flexibility index (Phi) is 7.90. The molecule has 188 valence electrons. The zero-order chi connectivity index (χ0) is 24.1. The number of benzene rings is 1. The second kappa shape index (κ2) is 11.3. The van der Waals surface area contributed by atoms with Crippen molar-refractivity contribution in [2.75, 3.05) is 61.1 Å². The Labute approximate surface area is 218 Å². The van der Waals surface area contributed by atoms with Crippen LogP contribution < -0.4 is 20.4 Å². The second-order valence-electron chi connectivity index (χ2n) is 9.86. The maximum Gasteiger partial charge on any atom is 0.232 e. The van der Waals surface area contributed by atoms with E-state index in [-0.39, 0.29) is 5.41 Å². The standard InChI is InChI=1S/C26H35ClN6OS/c27-21-8-6-7-20(17-21)26(9-15-34-16-10-26)19-28-25(35)31-24-29-22(32-11-2-1-3-12-32)18-23(30-24)33-13-4-5-14-33/h6-8,17-18H,1-5,9-16,19H2,(H2,28,29,30,31,35). The molecule has 0 atom stereocenters. The SMILES string of the molecule is S=C(NCC1(c2cccc(Cl)c2)CCOCC1)Nc1nc(N2CCCCC2)cc(N2CCCC2)n1. The van der Waals surface area contributed by atoms with Gasteiger partial charge in [-0.1, -0.05) is 23.7 Å². The minimum Gasteiger partial charge on any atom is -0.381 e. The van der Waals surface area contributed by atoms with E-state index in [1.807, 2.05) is 12.1 Å². The van der Waals surface area contributed by atoms with Crippen LogP contribution in [0.1, 0.15) is 50.5 Å². The Morgan fingerprint density at radius 3 is 2.20 bits per heavy atom. The van der Waals surface area contributed by atoms with Crippen LogP contribution in [-0.4, -0.2) is 61.0 Å². The number of halogens is 1. The van der Waals surface area contributed by atoms with Gasteiger partial charge in [-0.05, 0) is 74.9 Å². The average molecular weight is 515 g/mol. The summed E-state index contributed by atoms with van der Waals surface area (Å²) in [5.41, 5.74) is 1.15.